The van der Waals surface area contributed by atoms with Gasteiger partial charge in [-0.1, -0.05) is 11.6 Å². The lowest BCUT2D eigenvalue weighted by atomic mass is 10.1. The fourth-order valence-electron chi connectivity index (χ4n) is 3.41. The highest BCUT2D eigenvalue weighted by Gasteiger charge is 2.21. The lowest BCUT2D eigenvalue weighted by Gasteiger charge is -2.10. The smallest absolute Gasteiger partial charge is 0.341 e. The van der Waals surface area contributed by atoms with Gasteiger partial charge in [0, 0.05) is 21.0 Å². The zero-order valence-corrected chi connectivity index (χ0v) is 21.1. The molecule has 4 aromatic rings. The highest BCUT2D eigenvalue weighted by Crippen LogP contribution is 2.35. The third-order valence-electron chi connectivity index (χ3n) is 5.22. The van der Waals surface area contributed by atoms with Crippen molar-refractivity contribution in [3.8, 4) is 22.7 Å². The number of halogens is 1. The summed E-state index contributed by atoms with van der Waals surface area (Å²) in [6.07, 6.45) is 0. The summed E-state index contributed by atoms with van der Waals surface area (Å²) >= 11 is 9.15. The molecule has 0 spiro atoms. The number of ether oxygens (including phenoxy) is 2. The average Bonchev–Trinajstić information content (AvgIpc) is 3.35. The minimum absolute atomic E-state index is 0.317. The summed E-state index contributed by atoms with van der Waals surface area (Å²) in [5.41, 5.74) is 4.36. The number of thiazole rings is 1. The van der Waals surface area contributed by atoms with E-state index in [1.54, 1.807) is 14.0 Å². The first-order valence-corrected chi connectivity index (χ1v) is 12.4. The second-order valence-electron chi connectivity index (χ2n) is 7.24. The topological polar surface area (TPSA) is 52.8 Å². The van der Waals surface area contributed by atoms with Crippen molar-refractivity contribution in [2.24, 2.45) is 4.99 Å². The van der Waals surface area contributed by atoms with Gasteiger partial charge in [-0.3, -0.25) is 4.57 Å². The molecule has 2 heterocycles. The second-order valence-corrected chi connectivity index (χ2v) is 9.72. The van der Waals surface area contributed by atoms with Crippen molar-refractivity contribution in [1.82, 2.24) is 4.57 Å². The van der Waals surface area contributed by atoms with Crippen LogP contribution in [0.1, 0.15) is 27.7 Å². The molecule has 170 valence electrons. The predicted molar refractivity (Wildman–Crippen MR) is 136 cm³/mol. The molecular weight excluding hydrogens is 476 g/mol. The molecule has 0 aliphatic rings. The van der Waals surface area contributed by atoms with Crippen LogP contribution in [0.2, 0.25) is 5.02 Å². The first-order chi connectivity index (χ1) is 15.9. The van der Waals surface area contributed by atoms with Crippen LogP contribution in [0.4, 0.5) is 5.00 Å². The summed E-state index contributed by atoms with van der Waals surface area (Å²) in [4.78, 5) is 19.4. The van der Waals surface area contributed by atoms with Crippen molar-refractivity contribution >= 4 is 45.2 Å². The number of hydrogen-bond acceptors (Lipinski definition) is 6. The van der Waals surface area contributed by atoms with Crippen LogP contribution in [-0.2, 0) is 4.74 Å². The van der Waals surface area contributed by atoms with Crippen LogP contribution in [-0.4, -0.2) is 24.3 Å². The average molecular weight is 499 g/mol. The van der Waals surface area contributed by atoms with Gasteiger partial charge >= 0.3 is 5.97 Å². The van der Waals surface area contributed by atoms with Gasteiger partial charge in [-0.05, 0) is 80.4 Å². The van der Waals surface area contributed by atoms with Gasteiger partial charge in [-0.15, -0.1) is 22.7 Å². The molecule has 0 radical (unpaired) electrons. The fraction of sp³-hybridized carbons (Fsp3) is 0.200. The Balaban J connectivity index is 1.94. The number of carbonyl (C=O) groups excluding carboxylic acids is 1. The van der Waals surface area contributed by atoms with E-state index in [4.69, 9.17) is 26.1 Å². The molecule has 0 bridgehead atoms. The number of methoxy groups -OCH3 is 1. The zero-order chi connectivity index (χ0) is 23.5. The lowest BCUT2D eigenvalue weighted by molar-refractivity contribution is 0.0527. The Bertz CT molecular complexity index is 1350. The van der Waals surface area contributed by atoms with Gasteiger partial charge in [-0.2, -0.15) is 0 Å². The fourth-order valence-corrected chi connectivity index (χ4v) is 5.52. The number of thiophene rings is 1. The molecule has 2 aromatic heterocycles. The van der Waals surface area contributed by atoms with Gasteiger partial charge in [0.1, 0.15) is 10.8 Å². The number of aromatic nitrogens is 1. The molecule has 0 saturated heterocycles. The molecule has 4 rings (SSSR count). The van der Waals surface area contributed by atoms with E-state index in [9.17, 15) is 4.79 Å². The van der Waals surface area contributed by atoms with Crippen LogP contribution in [0.5, 0.6) is 5.75 Å². The van der Waals surface area contributed by atoms with Crippen molar-refractivity contribution in [1.29, 1.82) is 0 Å². The highest BCUT2D eigenvalue weighted by atomic mass is 35.5. The van der Waals surface area contributed by atoms with Crippen LogP contribution in [0, 0.1) is 13.8 Å². The molecule has 0 aliphatic heterocycles. The molecule has 5 nitrogen and oxygen atoms in total. The Morgan fingerprint density at radius 3 is 2.42 bits per heavy atom. The standard InChI is InChI=1S/C25H23ClN2O3S2/c1-5-31-24(29)22-15(2)16(3)33-23(22)27-25-28(19-10-8-18(26)9-11-19)21(14-32-25)17-6-12-20(30-4)13-7-17/h6-14H,5H2,1-4H3/b27-25-. The van der Waals surface area contributed by atoms with Gasteiger partial charge in [0.05, 0.1) is 25.0 Å². The van der Waals surface area contributed by atoms with Crippen LogP contribution in [0.15, 0.2) is 58.9 Å². The van der Waals surface area contributed by atoms with Gasteiger partial charge in [0.15, 0.2) is 4.80 Å². The van der Waals surface area contributed by atoms with Crippen LogP contribution in [0.3, 0.4) is 0 Å². The summed E-state index contributed by atoms with van der Waals surface area (Å²) in [5.74, 6) is 0.448. The summed E-state index contributed by atoms with van der Waals surface area (Å²) in [6, 6.07) is 15.5. The second kappa shape index (κ2) is 9.95. The maximum Gasteiger partial charge on any atom is 0.341 e. The van der Waals surface area contributed by atoms with Crippen molar-refractivity contribution in [2.75, 3.05) is 13.7 Å². The Morgan fingerprint density at radius 1 is 1.09 bits per heavy atom. The zero-order valence-electron chi connectivity index (χ0n) is 18.7. The van der Waals surface area contributed by atoms with Crippen molar-refractivity contribution in [2.45, 2.75) is 20.8 Å². The molecule has 0 aliphatic carbocycles. The minimum Gasteiger partial charge on any atom is -0.497 e. The Kier molecular flexibility index (Phi) is 7.02. The van der Waals surface area contributed by atoms with Gasteiger partial charge < -0.3 is 9.47 Å². The van der Waals surface area contributed by atoms with E-state index < -0.39 is 0 Å². The normalized spacial score (nSPS) is 11.6. The first-order valence-electron chi connectivity index (χ1n) is 10.4. The molecule has 0 amide bonds. The van der Waals surface area contributed by atoms with Crippen molar-refractivity contribution in [3.63, 3.8) is 0 Å². The number of rotatable bonds is 6. The van der Waals surface area contributed by atoms with Gasteiger partial charge in [-0.25, -0.2) is 9.79 Å². The molecule has 0 atom stereocenters. The van der Waals surface area contributed by atoms with E-state index in [1.807, 2.05) is 62.4 Å². The van der Waals surface area contributed by atoms with Crippen LogP contribution >= 0.6 is 34.3 Å². The Labute approximate surface area is 205 Å². The third kappa shape index (κ3) is 4.76. The van der Waals surface area contributed by atoms with E-state index in [1.165, 1.54) is 22.7 Å². The predicted octanol–water partition coefficient (Wildman–Crippen LogP) is 6.96. The monoisotopic (exact) mass is 498 g/mol. The molecule has 0 N–H and O–H groups in total. The Morgan fingerprint density at radius 2 is 1.79 bits per heavy atom. The van der Waals surface area contributed by atoms with Crippen molar-refractivity contribution in [3.05, 3.63) is 79.7 Å². The van der Waals surface area contributed by atoms with E-state index in [-0.39, 0.29) is 5.97 Å². The molecule has 33 heavy (non-hydrogen) atoms. The summed E-state index contributed by atoms with van der Waals surface area (Å²) in [5, 5.41) is 3.37. The van der Waals surface area contributed by atoms with Crippen LogP contribution < -0.4 is 9.54 Å². The number of benzene rings is 2. The van der Waals surface area contributed by atoms with E-state index in [0.717, 1.165) is 37.9 Å². The molecule has 8 heteroatoms. The lowest BCUT2D eigenvalue weighted by Crippen LogP contribution is -2.14. The number of nitrogens with zero attached hydrogens (tertiary/aromatic N) is 2. The Hall–Kier alpha value is -2.87. The molecule has 0 fully saturated rings. The summed E-state index contributed by atoms with van der Waals surface area (Å²) in [6.45, 7) is 6.05. The largest absolute Gasteiger partial charge is 0.497 e. The SMILES string of the molecule is CCOC(=O)c1c(/N=c2\scc(-c3ccc(OC)cc3)n2-c2ccc(Cl)cc2)sc(C)c1C. The van der Waals surface area contributed by atoms with E-state index in [0.29, 0.717) is 22.2 Å². The number of hydrogen-bond donors (Lipinski definition) is 0. The number of esters is 1. The maximum absolute atomic E-state index is 12.7. The molecular formula is C25H23ClN2O3S2. The molecule has 0 unspecified atom stereocenters. The van der Waals surface area contributed by atoms with Crippen molar-refractivity contribution < 1.29 is 14.3 Å². The highest BCUT2D eigenvalue weighted by molar-refractivity contribution is 7.16. The number of aryl methyl sites for hydroxylation is 1. The van der Waals surface area contributed by atoms with Gasteiger partial charge in [0.25, 0.3) is 0 Å². The maximum atomic E-state index is 12.7. The van der Waals surface area contributed by atoms with Gasteiger partial charge in [0.2, 0.25) is 0 Å². The third-order valence-corrected chi connectivity index (χ3v) is 7.40. The minimum atomic E-state index is -0.344. The number of carbonyl (C=O) groups is 1. The summed E-state index contributed by atoms with van der Waals surface area (Å²) < 4.78 is 12.7. The molecule has 0 saturated carbocycles. The quantitative estimate of drug-likeness (QED) is 0.270. The van der Waals surface area contributed by atoms with E-state index >= 15 is 0 Å². The summed E-state index contributed by atoms with van der Waals surface area (Å²) in [7, 11) is 1.65. The van der Waals surface area contributed by atoms with Crippen LogP contribution in [0.25, 0.3) is 16.9 Å². The first kappa shape index (κ1) is 23.3. The molecule has 2 aromatic carbocycles. The van der Waals surface area contributed by atoms with E-state index in [2.05, 4.69) is 9.95 Å².